The van der Waals surface area contributed by atoms with Gasteiger partial charge in [-0.2, -0.15) is 4.98 Å². The molecule has 1 aromatic heterocycles. The van der Waals surface area contributed by atoms with Gasteiger partial charge in [-0.1, -0.05) is 47.1 Å². The van der Waals surface area contributed by atoms with E-state index in [0.29, 0.717) is 54.4 Å². The van der Waals surface area contributed by atoms with Crippen molar-refractivity contribution < 1.29 is 18.8 Å². The maximum atomic E-state index is 12.7. The van der Waals surface area contributed by atoms with Crippen molar-refractivity contribution in [2.24, 2.45) is 0 Å². The molecule has 0 spiro atoms. The molecule has 1 atom stereocenters. The first-order valence-electron chi connectivity index (χ1n) is 11.0. The number of carbonyl (C=O) groups excluding carboxylic acids is 1. The molecule has 1 saturated heterocycles. The number of nitrogens with zero attached hydrogens (tertiary/aromatic N) is 4. The third-order valence-corrected chi connectivity index (χ3v) is 6.16. The van der Waals surface area contributed by atoms with Crippen LogP contribution in [-0.4, -0.2) is 66.2 Å². The number of hydrogen-bond acceptors (Lipinski definition) is 7. The Morgan fingerprint density at radius 3 is 2.53 bits per heavy atom. The minimum absolute atomic E-state index is 0.0355. The van der Waals surface area contributed by atoms with Crippen LogP contribution in [-0.2, 0) is 4.79 Å². The SMILES string of the molecule is COc1cc(/C=C/C(=O)N2CCN(C(C)c3nc(-c4ccccc4)no3)CC2)cc(Cl)c1OC. The van der Waals surface area contributed by atoms with Gasteiger partial charge in [-0.15, -0.1) is 0 Å². The second-order valence-corrected chi connectivity index (χ2v) is 8.34. The summed E-state index contributed by atoms with van der Waals surface area (Å²) in [5, 5.41) is 4.54. The van der Waals surface area contributed by atoms with Gasteiger partial charge in [0.2, 0.25) is 17.6 Å². The van der Waals surface area contributed by atoms with E-state index in [-0.39, 0.29) is 11.9 Å². The van der Waals surface area contributed by atoms with Gasteiger partial charge in [0.15, 0.2) is 11.5 Å². The van der Waals surface area contributed by atoms with Crippen LogP contribution in [0, 0.1) is 0 Å². The van der Waals surface area contributed by atoms with Crippen LogP contribution in [0.2, 0.25) is 5.02 Å². The lowest BCUT2D eigenvalue weighted by Crippen LogP contribution is -2.48. The van der Waals surface area contributed by atoms with Crippen LogP contribution in [0.1, 0.15) is 24.4 Å². The Bertz CT molecular complexity index is 1160. The molecule has 34 heavy (non-hydrogen) atoms. The number of piperazine rings is 1. The van der Waals surface area contributed by atoms with Crippen LogP contribution in [0.15, 0.2) is 53.1 Å². The largest absolute Gasteiger partial charge is 0.493 e. The molecule has 1 aliphatic rings. The number of aromatic nitrogens is 2. The fourth-order valence-corrected chi connectivity index (χ4v) is 4.20. The first kappa shape index (κ1) is 23.8. The van der Waals surface area contributed by atoms with Crippen LogP contribution < -0.4 is 9.47 Å². The standard InChI is InChI=1S/C25H27ClN4O4/c1-17(25-27-24(28-34-25)19-7-5-4-6-8-19)29-11-13-30(14-12-29)22(31)10-9-18-15-20(26)23(33-3)21(16-18)32-2/h4-10,15-17H,11-14H2,1-3H3/b10-9+. The highest BCUT2D eigenvalue weighted by atomic mass is 35.5. The van der Waals surface area contributed by atoms with Gasteiger partial charge < -0.3 is 18.9 Å². The quantitative estimate of drug-likeness (QED) is 0.464. The summed E-state index contributed by atoms with van der Waals surface area (Å²) >= 11 is 6.25. The summed E-state index contributed by atoms with van der Waals surface area (Å²) in [6.45, 7) is 4.69. The lowest BCUT2D eigenvalue weighted by Gasteiger charge is -2.36. The highest BCUT2D eigenvalue weighted by Crippen LogP contribution is 2.36. The van der Waals surface area contributed by atoms with E-state index in [4.69, 9.17) is 25.6 Å². The fourth-order valence-electron chi connectivity index (χ4n) is 3.90. The van der Waals surface area contributed by atoms with E-state index in [1.807, 2.05) is 42.2 Å². The molecule has 1 fully saturated rings. The average Bonchev–Trinajstić information content (AvgIpc) is 3.37. The maximum absolute atomic E-state index is 12.7. The summed E-state index contributed by atoms with van der Waals surface area (Å²) in [6.07, 6.45) is 3.29. The van der Waals surface area contributed by atoms with Gasteiger partial charge in [-0.3, -0.25) is 9.69 Å². The summed E-state index contributed by atoms with van der Waals surface area (Å²) in [6, 6.07) is 13.2. The van der Waals surface area contributed by atoms with Gasteiger partial charge in [-0.25, -0.2) is 0 Å². The molecule has 4 rings (SSSR count). The lowest BCUT2D eigenvalue weighted by atomic mass is 10.1. The number of hydrogen-bond donors (Lipinski definition) is 0. The Kier molecular flexibility index (Phi) is 7.49. The predicted molar refractivity (Wildman–Crippen MR) is 130 cm³/mol. The molecular weight excluding hydrogens is 456 g/mol. The van der Waals surface area contributed by atoms with E-state index in [0.717, 1.165) is 11.1 Å². The normalized spacial score (nSPS) is 15.5. The molecule has 0 bridgehead atoms. The number of ether oxygens (including phenoxy) is 2. The van der Waals surface area contributed by atoms with E-state index in [1.54, 1.807) is 31.4 Å². The molecule has 0 radical (unpaired) electrons. The average molecular weight is 483 g/mol. The molecule has 2 aromatic carbocycles. The van der Waals surface area contributed by atoms with Gasteiger partial charge >= 0.3 is 0 Å². The summed E-state index contributed by atoms with van der Waals surface area (Å²) in [5.41, 5.74) is 1.68. The first-order valence-corrected chi connectivity index (χ1v) is 11.4. The second-order valence-electron chi connectivity index (χ2n) is 7.93. The summed E-state index contributed by atoms with van der Waals surface area (Å²) in [5.74, 6) is 2.08. The van der Waals surface area contributed by atoms with E-state index in [9.17, 15) is 4.79 Å². The Morgan fingerprint density at radius 1 is 1.12 bits per heavy atom. The third kappa shape index (κ3) is 5.24. The van der Waals surface area contributed by atoms with Crippen LogP contribution in [0.5, 0.6) is 11.5 Å². The highest BCUT2D eigenvalue weighted by Gasteiger charge is 2.27. The number of carbonyl (C=O) groups is 1. The van der Waals surface area contributed by atoms with Gasteiger partial charge in [0.25, 0.3) is 0 Å². The summed E-state index contributed by atoms with van der Waals surface area (Å²) in [4.78, 5) is 21.4. The fraction of sp³-hybridized carbons (Fsp3) is 0.320. The second kappa shape index (κ2) is 10.7. The van der Waals surface area contributed by atoms with Gasteiger partial charge in [0.05, 0.1) is 25.3 Å². The molecule has 1 amide bonds. The number of benzene rings is 2. The molecule has 8 nitrogen and oxygen atoms in total. The number of halogens is 1. The van der Waals surface area contributed by atoms with E-state index in [1.165, 1.54) is 7.11 Å². The topological polar surface area (TPSA) is 80.9 Å². The number of amides is 1. The molecule has 3 aromatic rings. The first-order chi connectivity index (χ1) is 16.5. The zero-order valence-electron chi connectivity index (χ0n) is 19.4. The molecule has 1 unspecified atom stereocenters. The molecule has 0 aliphatic carbocycles. The molecule has 0 saturated carbocycles. The molecule has 2 heterocycles. The van der Waals surface area contributed by atoms with Crippen molar-refractivity contribution in [1.29, 1.82) is 0 Å². The van der Waals surface area contributed by atoms with Gasteiger partial charge in [0, 0.05) is 37.8 Å². The van der Waals surface area contributed by atoms with Crippen LogP contribution in [0.4, 0.5) is 0 Å². The molecule has 0 N–H and O–H groups in total. The van der Waals surface area contributed by atoms with Gasteiger partial charge in [0.1, 0.15) is 0 Å². The minimum Gasteiger partial charge on any atom is -0.493 e. The lowest BCUT2D eigenvalue weighted by molar-refractivity contribution is -0.128. The number of methoxy groups -OCH3 is 2. The Hall–Kier alpha value is -3.36. The van der Waals surface area contributed by atoms with Gasteiger partial charge in [-0.05, 0) is 30.7 Å². The smallest absolute Gasteiger partial charge is 0.246 e. The zero-order valence-corrected chi connectivity index (χ0v) is 20.2. The Morgan fingerprint density at radius 2 is 1.85 bits per heavy atom. The summed E-state index contributed by atoms with van der Waals surface area (Å²) in [7, 11) is 3.08. The minimum atomic E-state index is -0.0534. The Balaban J connectivity index is 1.34. The van der Waals surface area contributed by atoms with Crippen LogP contribution in [0.3, 0.4) is 0 Å². The van der Waals surface area contributed by atoms with Crippen LogP contribution in [0.25, 0.3) is 17.5 Å². The van der Waals surface area contributed by atoms with E-state index >= 15 is 0 Å². The van der Waals surface area contributed by atoms with E-state index in [2.05, 4.69) is 15.0 Å². The highest BCUT2D eigenvalue weighted by molar-refractivity contribution is 6.32. The molecule has 1 aliphatic heterocycles. The van der Waals surface area contributed by atoms with Crippen molar-refractivity contribution in [1.82, 2.24) is 19.9 Å². The van der Waals surface area contributed by atoms with Crippen molar-refractivity contribution in [2.45, 2.75) is 13.0 Å². The summed E-state index contributed by atoms with van der Waals surface area (Å²) < 4.78 is 16.1. The number of rotatable bonds is 7. The maximum Gasteiger partial charge on any atom is 0.246 e. The molecule has 178 valence electrons. The molecular formula is C25H27ClN4O4. The Labute approximate surface area is 203 Å². The van der Waals surface area contributed by atoms with Crippen molar-refractivity contribution in [3.05, 3.63) is 65.0 Å². The molecule has 9 heteroatoms. The van der Waals surface area contributed by atoms with Crippen molar-refractivity contribution in [3.8, 4) is 22.9 Å². The zero-order chi connectivity index (χ0) is 24.1. The van der Waals surface area contributed by atoms with Crippen molar-refractivity contribution >= 4 is 23.6 Å². The van der Waals surface area contributed by atoms with E-state index < -0.39 is 0 Å². The van der Waals surface area contributed by atoms with Crippen molar-refractivity contribution in [2.75, 3.05) is 40.4 Å². The third-order valence-electron chi connectivity index (χ3n) is 5.88. The van der Waals surface area contributed by atoms with Crippen LogP contribution >= 0.6 is 11.6 Å². The predicted octanol–water partition coefficient (Wildman–Crippen LogP) is 4.33. The van der Waals surface area contributed by atoms with Crippen molar-refractivity contribution in [3.63, 3.8) is 0 Å². The monoisotopic (exact) mass is 482 g/mol.